The lowest BCUT2D eigenvalue weighted by molar-refractivity contribution is -0.121. The van der Waals surface area contributed by atoms with E-state index < -0.39 is 6.04 Å². The third kappa shape index (κ3) is 9.69. The van der Waals surface area contributed by atoms with E-state index in [1.54, 1.807) is 11.3 Å². The molecule has 4 aromatic rings. The summed E-state index contributed by atoms with van der Waals surface area (Å²) in [6, 6.07) is 14.8. The van der Waals surface area contributed by atoms with Crippen molar-refractivity contribution in [2.45, 2.75) is 91.0 Å². The minimum absolute atomic E-state index is 0.0301. The molecule has 262 valence electrons. The first kappa shape index (κ1) is 37.0. The highest BCUT2D eigenvalue weighted by molar-refractivity contribution is 7.15. The molecule has 0 fully saturated rings. The number of hydrogen-bond donors (Lipinski definition) is 3. The fourth-order valence-corrected chi connectivity index (χ4v) is 7.47. The third-order valence-corrected chi connectivity index (χ3v) is 10.3. The summed E-state index contributed by atoms with van der Waals surface area (Å²) in [4.78, 5) is 31.9. The zero-order chi connectivity index (χ0) is 35.5. The van der Waals surface area contributed by atoms with Crippen molar-refractivity contribution in [1.82, 2.24) is 20.1 Å². The molecule has 0 saturated heterocycles. The number of nitrogens with one attached hydrogen (secondary N) is 2. The van der Waals surface area contributed by atoms with Crippen molar-refractivity contribution in [3.8, 4) is 16.8 Å². The summed E-state index contributed by atoms with van der Waals surface area (Å²) >= 11 is 7.92. The number of nitrogens with zero attached hydrogens (tertiary/aromatic N) is 4. The topological polar surface area (TPSA) is 127 Å². The number of anilines is 1. The predicted molar refractivity (Wildman–Crippen MR) is 203 cm³/mol. The number of carbonyl (C=O) groups is 2. The lowest BCUT2D eigenvalue weighted by Gasteiger charge is -2.13. The van der Waals surface area contributed by atoms with E-state index in [0.717, 1.165) is 90.3 Å². The van der Waals surface area contributed by atoms with Gasteiger partial charge in [-0.1, -0.05) is 80.2 Å². The molecule has 0 bridgehead atoms. The third-order valence-electron chi connectivity index (χ3n) is 8.87. The number of aryl methyl sites for hydroxylation is 2. The summed E-state index contributed by atoms with van der Waals surface area (Å²) in [5.41, 5.74) is 11.1. The Bertz CT molecular complexity index is 1880. The highest BCUT2D eigenvalue weighted by atomic mass is 35.5. The first-order valence-corrected chi connectivity index (χ1v) is 18.7. The summed E-state index contributed by atoms with van der Waals surface area (Å²) in [7, 11) is 0. The summed E-state index contributed by atoms with van der Waals surface area (Å²) in [5, 5.41) is 16.7. The smallest absolute Gasteiger partial charge is 0.224 e. The van der Waals surface area contributed by atoms with E-state index in [-0.39, 0.29) is 18.2 Å². The second-order valence-corrected chi connectivity index (χ2v) is 14.3. The number of rotatable bonds is 15. The van der Waals surface area contributed by atoms with Gasteiger partial charge in [0.05, 0.1) is 18.7 Å². The molecule has 9 nitrogen and oxygen atoms in total. The number of nitrogens with two attached hydrogens (primary N) is 1. The number of halogens is 1. The minimum atomic E-state index is -0.472. The number of thiophene rings is 1. The molecule has 0 spiro atoms. The van der Waals surface area contributed by atoms with Crippen LogP contribution in [0.4, 0.5) is 5.69 Å². The predicted octanol–water partition coefficient (Wildman–Crippen LogP) is 7.77. The van der Waals surface area contributed by atoms with Gasteiger partial charge in [-0.15, -0.1) is 21.5 Å². The first-order chi connectivity index (χ1) is 24.2. The molecule has 50 heavy (non-hydrogen) atoms. The summed E-state index contributed by atoms with van der Waals surface area (Å²) < 4.78 is 2.07. The van der Waals surface area contributed by atoms with Crippen molar-refractivity contribution < 1.29 is 9.59 Å². The van der Waals surface area contributed by atoms with Gasteiger partial charge in [0.2, 0.25) is 11.8 Å². The second kappa shape index (κ2) is 18.1. The molecule has 4 N–H and O–H groups in total. The van der Waals surface area contributed by atoms with Crippen molar-refractivity contribution in [1.29, 1.82) is 0 Å². The number of carbonyl (C=O) groups excluding carboxylic acids is 2. The van der Waals surface area contributed by atoms with Crippen LogP contribution in [0.2, 0.25) is 5.02 Å². The van der Waals surface area contributed by atoms with Gasteiger partial charge in [0, 0.05) is 45.2 Å². The summed E-state index contributed by atoms with van der Waals surface area (Å²) in [6.45, 7) is 7.12. The molecule has 0 radical (unpaired) electrons. The Labute approximate surface area is 304 Å². The van der Waals surface area contributed by atoms with Crippen LogP contribution in [-0.4, -0.2) is 45.4 Å². The van der Waals surface area contributed by atoms with Gasteiger partial charge in [-0.25, -0.2) is 0 Å². The van der Waals surface area contributed by atoms with Crippen LogP contribution < -0.4 is 16.4 Å². The van der Waals surface area contributed by atoms with E-state index in [2.05, 4.69) is 51.1 Å². The Balaban J connectivity index is 1.02. The lowest BCUT2D eigenvalue weighted by Crippen LogP contribution is -2.26. The largest absolute Gasteiger partial charge is 0.356 e. The van der Waals surface area contributed by atoms with Crippen LogP contribution in [0, 0.1) is 32.6 Å². The number of aliphatic imine (C=N–C) groups is 1. The van der Waals surface area contributed by atoms with E-state index in [1.807, 2.05) is 55.5 Å². The number of aromatic nitrogens is 3. The molecule has 2 aromatic heterocycles. The molecule has 3 heterocycles. The zero-order valence-electron chi connectivity index (χ0n) is 29.2. The molecule has 2 amide bonds. The average molecular weight is 712 g/mol. The van der Waals surface area contributed by atoms with Crippen LogP contribution in [0.1, 0.15) is 109 Å². The quantitative estimate of drug-likeness (QED) is 0.0858. The first-order valence-electron chi connectivity index (χ1n) is 17.5. The SMILES string of the molecule is Cc1sc2c(c1C)C(c1ccc(Cl)cc1)=N[C@@H](CC(=O)NCCCCCCCCCCC(=O)Nc1cccc(C#CCN)c1)c1nnc(C)n1-2. The van der Waals surface area contributed by atoms with Gasteiger partial charge in [0.25, 0.3) is 0 Å². The number of benzene rings is 2. The highest BCUT2D eigenvalue weighted by Gasteiger charge is 2.32. The van der Waals surface area contributed by atoms with Crippen molar-refractivity contribution in [3.05, 3.63) is 92.3 Å². The number of hydrogen-bond acceptors (Lipinski definition) is 7. The van der Waals surface area contributed by atoms with Crippen molar-refractivity contribution >= 4 is 46.2 Å². The Kier molecular flexibility index (Phi) is 13.4. The second-order valence-electron chi connectivity index (χ2n) is 12.7. The Morgan fingerprint density at radius 1 is 0.940 bits per heavy atom. The lowest BCUT2D eigenvalue weighted by atomic mass is 9.99. The highest BCUT2D eigenvalue weighted by Crippen LogP contribution is 2.39. The maximum atomic E-state index is 13.2. The number of unbranched alkanes of at least 4 members (excludes halogenated alkanes) is 7. The number of amides is 2. The van der Waals surface area contributed by atoms with E-state index in [9.17, 15) is 9.59 Å². The summed E-state index contributed by atoms with van der Waals surface area (Å²) in [5.74, 6) is 7.26. The molecule has 2 aromatic carbocycles. The van der Waals surface area contributed by atoms with Crippen LogP contribution in [0.25, 0.3) is 5.00 Å². The average Bonchev–Trinajstić information content (AvgIpc) is 3.58. The van der Waals surface area contributed by atoms with E-state index in [1.165, 1.54) is 10.4 Å². The molecule has 11 heteroatoms. The zero-order valence-corrected chi connectivity index (χ0v) is 30.7. The molecule has 0 saturated carbocycles. The van der Waals surface area contributed by atoms with E-state index in [4.69, 9.17) is 22.3 Å². The van der Waals surface area contributed by atoms with Crippen molar-refractivity contribution in [2.75, 3.05) is 18.4 Å². The van der Waals surface area contributed by atoms with E-state index >= 15 is 0 Å². The number of fused-ring (bicyclic) bond motifs is 3. The maximum Gasteiger partial charge on any atom is 0.224 e. The Hall–Kier alpha value is -4.30. The molecular formula is C39H46ClN7O2S. The van der Waals surface area contributed by atoms with Gasteiger partial charge >= 0.3 is 0 Å². The molecule has 5 rings (SSSR count). The van der Waals surface area contributed by atoms with Crippen LogP contribution in [0.15, 0.2) is 53.5 Å². The van der Waals surface area contributed by atoms with Gasteiger partial charge in [0.15, 0.2) is 5.82 Å². The molecule has 1 aliphatic heterocycles. The fraction of sp³-hybridized carbons (Fsp3) is 0.410. The maximum absolute atomic E-state index is 13.2. The molecule has 0 unspecified atom stereocenters. The normalized spacial score (nSPS) is 13.4. The van der Waals surface area contributed by atoms with Crippen LogP contribution in [0.3, 0.4) is 0 Å². The van der Waals surface area contributed by atoms with Gasteiger partial charge in [0.1, 0.15) is 16.9 Å². The minimum Gasteiger partial charge on any atom is -0.356 e. The van der Waals surface area contributed by atoms with E-state index in [0.29, 0.717) is 30.4 Å². The van der Waals surface area contributed by atoms with Crippen LogP contribution >= 0.6 is 22.9 Å². The summed E-state index contributed by atoms with van der Waals surface area (Å²) in [6.07, 6.45) is 9.15. The Morgan fingerprint density at radius 3 is 2.40 bits per heavy atom. The molecule has 0 aliphatic carbocycles. The van der Waals surface area contributed by atoms with Gasteiger partial charge in [-0.3, -0.25) is 19.1 Å². The van der Waals surface area contributed by atoms with Gasteiger partial charge < -0.3 is 16.4 Å². The molecule has 1 aliphatic rings. The molecular weight excluding hydrogens is 666 g/mol. The Morgan fingerprint density at radius 2 is 1.66 bits per heavy atom. The van der Waals surface area contributed by atoms with Gasteiger partial charge in [-0.2, -0.15) is 0 Å². The standard InChI is InChI=1S/C39H46ClN7O2S/c1-26-27(2)50-39-36(26)37(30-18-20-31(40)21-19-30)44-33(38-46-45-28(3)47(38)39)25-35(49)42-23-11-9-7-5-4-6-8-10-17-34(48)43-32-16-12-14-29(24-32)15-13-22-41/h12,14,16,18-21,24,33H,4-11,17,22-23,25,41H2,1-3H3,(H,42,49)(H,43,48)/t33-/m0/s1. The molecule has 1 atom stereocenters. The monoisotopic (exact) mass is 711 g/mol. The van der Waals surface area contributed by atoms with Crippen molar-refractivity contribution in [3.63, 3.8) is 0 Å². The fourth-order valence-electron chi connectivity index (χ4n) is 6.13. The van der Waals surface area contributed by atoms with Crippen LogP contribution in [0.5, 0.6) is 0 Å². The van der Waals surface area contributed by atoms with Gasteiger partial charge in [-0.05, 0) is 69.5 Å². The van der Waals surface area contributed by atoms with Crippen LogP contribution in [-0.2, 0) is 9.59 Å². The van der Waals surface area contributed by atoms with Crippen molar-refractivity contribution in [2.24, 2.45) is 10.7 Å².